The lowest BCUT2D eigenvalue weighted by Gasteiger charge is -2.06. The molecule has 0 amide bonds. The van der Waals surface area contributed by atoms with Crippen LogP contribution in [0.2, 0.25) is 0 Å². The van der Waals surface area contributed by atoms with Crippen LogP contribution in [0.4, 0.5) is 4.39 Å². The van der Waals surface area contributed by atoms with E-state index in [9.17, 15) is 4.39 Å². The predicted molar refractivity (Wildman–Crippen MR) is 78.8 cm³/mol. The molecule has 0 aliphatic heterocycles. The van der Waals surface area contributed by atoms with Crippen LogP contribution in [0.1, 0.15) is 11.1 Å². The number of nitrogens with one attached hydrogen (secondary N) is 1. The summed E-state index contributed by atoms with van der Waals surface area (Å²) in [6.07, 6.45) is 0. The van der Waals surface area contributed by atoms with E-state index in [4.69, 9.17) is 0 Å². The zero-order valence-electron chi connectivity index (χ0n) is 9.59. The van der Waals surface area contributed by atoms with Crippen LogP contribution in [-0.2, 0) is 13.1 Å². The largest absolute Gasteiger partial charge is 0.309 e. The van der Waals surface area contributed by atoms with Gasteiger partial charge in [0.15, 0.2) is 0 Å². The van der Waals surface area contributed by atoms with Crippen molar-refractivity contribution in [3.63, 3.8) is 0 Å². The highest BCUT2D eigenvalue weighted by atomic mass is 79.9. The van der Waals surface area contributed by atoms with Gasteiger partial charge in [0.25, 0.3) is 0 Å². The van der Waals surface area contributed by atoms with Crippen LogP contribution in [0.5, 0.6) is 0 Å². The van der Waals surface area contributed by atoms with Gasteiger partial charge in [-0.3, -0.25) is 0 Å². The number of hydrogen-bond acceptors (Lipinski definition) is 1. The fourth-order valence-corrected chi connectivity index (χ4v) is 2.11. The molecule has 0 fully saturated rings. The molecule has 0 atom stereocenters. The van der Waals surface area contributed by atoms with Crippen molar-refractivity contribution in [2.24, 2.45) is 0 Å². The average Bonchev–Trinajstić information content (AvgIpc) is 2.36. The minimum atomic E-state index is -0.224. The Bertz CT molecular complexity index is 526. The van der Waals surface area contributed by atoms with E-state index in [0.29, 0.717) is 11.0 Å². The molecule has 4 heteroatoms. The van der Waals surface area contributed by atoms with Gasteiger partial charge in [0.05, 0.1) is 4.47 Å². The third-order valence-corrected chi connectivity index (χ3v) is 3.73. The molecule has 0 bridgehead atoms. The van der Waals surface area contributed by atoms with Crippen molar-refractivity contribution in [2.75, 3.05) is 0 Å². The maximum atomic E-state index is 13.3. The minimum absolute atomic E-state index is 0.224. The van der Waals surface area contributed by atoms with Gasteiger partial charge in [0.2, 0.25) is 0 Å². The molecule has 0 aliphatic carbocycles. The van der Waals surface area contributed by atoms with Crippen LogP contribution in [0, 0.1) is 5.82 Å². The molecule has 18 heavy (non-hydrogen) atoms. The van der Waals surface area contributed by atoms with Gasteiger partial charge in [-0.2, -0.15) is 0 Å². The highest BCUT2D eigenvalue weighted by molar-refractivity contribution is 9.10. The second-order valence-electron chi connectivity index (χ2n) is 3.98. The van der Waals surface area contributed by atoms with E-state index in [2.05, 4.69) is 49.3 Å². The molecule has 2 aromatic rings. The van der Waals surface area contributed by atoms with Crippen LogP contribution in [0.15, 0.2) is 51.4 Å². The van der Waals surface area contributed by atoms with Gasteiger partial charge in [0.1, 0.15) is 5.82 Å². The monoisotopic (exact) mass is 371 g/mol. The van der Waals surface area contributed by atoms with Crippen molar-refractivity contribution < 1.29 is 4.39 Å². The van der Waals surface area contributed by atoms with Crippen molar-refractivity contribution in [3.05, 3.63) is 68.4 Å². The standard InChI is InChI=1S/C14H12Br2FN/c15-12-4-1-10(2-5-12)8-18-9-11-3-6-13(16)14(17)7-11/h1-7,18H,8-9H2. The maximum absolute atomic E-state index is 13.3. The van der Waals surface area contributed by atoms with Gasteiger partial charge in [-0.25, -0.2) is 4.39 Å². The molecular formula is C14H12Br2FN. The lowest BCUT2D eigenvalue weighted by atomic mass is 10.2. The van der Waals surface area contributed by atoms with E-state index in [1.807, 2.05) is 18.2 Å². The van der Waals surface area contributed by atoms with Crippen molar-refractivity contribution >= 4 is 31.9 Å². The number of rotatable bonds is 4. The first-order chi connectivity index (χ1) is 8.65. The van der Waals surface area contributed by atoms with E-state index in [1.54, 1.807) is 12.1 Å². The second kappa shape index (κ2) is 6.45. The Morgan fingerprint density at radius 3 is 2.17 bits per heavy atom. The quantitative estimate of drug-likeness (QED) is 0.824. The molecule has 0 heterocycles. The van der Waals surface area contributed by atoms with E-state index >= 15 is 0 Å². The summed E-state index contributed by atoms with van der Waals surface area (Å²) in [5, 5.41) is 3.29. The molecule has 0 saturated carbocycles. The maximum Gasteiger partial charge on any atom is 0.137 e. The molecule has 0 unspecified atom stereocenters. The molecule has 0 saturated heterocycles. The lowest BCUT2D eigenvalue weighted by molar-refractivity contribution is 0.614. The lowest BCUT2D eigenvalue weighted by Crippen LogP contribution is -2.12. The van der Waals surface area contributed by atoms with Crippen molar-refractivity contribution in [1.82, 2.24) is 5.32 Å². The number of benzene rings is 2. The summed E-state index contributed by atoms with van der Waals surface area (Å²) in [5.41, 5.74) is 2.14. The third kappa shape index (κ3) is 3.90. The second-order valence-corrected chi connectivity index (χ2v) is 5.75. The highest BCUT2D eigenvalue weighted by Crippen LogP contribution is 2.16. The molecule has 1 N–H and O–H groups in total. The molecule has 0 aromatic heterocycles. The van der Waals surface area contributed by atoms with E-state index < -0.39 is 0 Å². The topological polar surface area (TPSA) is 12.0 Å². The Balaban J connectivity index is 1.88. The fraction of sp³-hybridized carbons (Fsp3) is 0.143. The molecule has 0 radical (unpaired) electrons. The first-order valence-corrected chi connectivity index (χ1v) is 7.13. The predicted octanol–water partition coefficient (Wildman–Crippen LogP) is 4.64. The highest BCUT2D eigenvalue weighted by Gasteiger charge is 2.00. The van der Waals surface area contributed by atoms with Crippen LogP contribution in [0.3, 0.4) is 0 Å². The Labute approximate surface area is 123 Å². The van der Waals surface area contributed by atoms with Crippen LogP contribution in [-0.4, -0.2) is 0 Å². The third-order valence-electron chi connectivity index (χ3n) is 2.56. The molecule has 0 spiro atoms. The summed E-state index contributed by atoms with van der Waals surface area (Å²) in [6, 6.07) is 13.3. The summed E-state index contributed by atoms with van der Waals surface area (Å²) < 4.78 is 14.9. The normalized spacial score (nSPS) is 10.6. The van der Waals surface area contributed by atoms with Crippen molar-refractivity contribution in [2.45, 2.75) is 13.1 Å². The smallest absolute Gasteiger partial charge is 0.137 e. The molecular weight excluding hydrogens is 361 g/mol. The van der Waals surface area contributed by atoms with Gasteiger partial charge in [-0.1, -0.05) is 34.1 Å². The fourth-order valence-electron chi connectivity index (χ4n) is 1.60. The van der Waals surface area contributed by atoms with Gasteiger partial charge in [-0.15, -0.1) is 0 Å². The molecule has 1 nitrogen and oxygen atoms in total. The molecule has 2 rings (SSSR count). The van der Waals surface area contributed by atoms with E-state index in [1.165, 1.54) is 5.56 Å². The van der Waals surface area contributed by atoms with E-state index in [-0.39, 0.29) is 5.82 Å². The van der Waals surface area contributed by atoms with Crippen molar-refractivity contribution in [3.8, 4) is 0 Å². The van der Waals surface area contributed by atoms with Gasteiger partial charge in [0, 0.05) is 17.6 Å². The molecule has 0 aliphatic rings. The van der Waals surface area contributed by atoms with E-state index in [0.717, 1.165) is 16.6 Å². The summed E-state index contributed by atoms with van der Waals surface area (Å²) in [4.78, 5) is 0. The van der Waals surface area contributed by atoms with Gasteiger partial charge in [-0.05, 0) is 51.3 Å². The summed E-state index contributed by atoms with van der Waals surface area (Å²) in [5.74, 6) is -0.224. The first kappa shape index (κ1) is 13.7. The Kier molecular flexibility index (Phi) is 4.92. The molecule has 94 valence electrons. The zero-order chi connectivity index (χ0) is 13.0. The number of hydrogen-bond donors (Lipinski definition) is 1. The summed E-state index contributed by atoms with van der Waals surface area (Å²) >= 11 is 6.54. The Hall–Kier alpha value is -0.710. The Morgan fingerprint density at radius 2 is 1.50 bits per heavy atom. The summed E-state index contributed by atoms with van der Waals surface area (Å²) in [7, 11) is 0. The number of halogens is 3. The Morgan fingerprint density at radius 1 is 0.889 bits per heavy atom. The first-order valence-electron chi connectivity index (χ1n) is 5.54. The zero-order valence-corrected chi connectivity index (χ0v) is 12.8. The minimum Gasteiger partial charge on any atom is -0.309 e. The van der Waals surface area contributed by atoms with Gasteiger partial charge < -0.3 is 5.32 Å². The van der Waals surface area contributed by atoms with Crippen molar-refractivity contribution in [1.29, 1.82) is 0 Å². The summed E-state index contributed by atoms with van der Waals surface area (Å²) in [6.45, 7) is 1.42. The van der Waals surface area contributed by atoms with Crippen LogP contribution in [0.25, 0.3) is 0 Å². The van der Waals surface area contributed by atoms with Gasteiger partial charge >= 0.3 is 0 Å². The SMILES string of the molecule is Fc1cc(CNCc2ccc(Br)cc2)ccc1Br. The molecule has 2 aromatic carbocycles. The van der Waals surface area contributed by atoms with Crippen LogP contribution < -0.4 is 5.32 Å². The van der Waals surface area contributed by atoms with Crippen LogP contribution >= 0.6 is 31.9 Å². The average molecular weight is 373 g/mol.